The van der Waals surface area contributed by atoms with E-state index in [0.717, 1.165) is 0 Å². The summed E-state index contributed by atoms with van der Waals surface area (Å²) in [4.78, 5) is 11.7. The lowest BCUT2D eigenvalue weighted by Gasteiger charge is -2.11. The molecule has 3 nitrogen and oxygen atoms in total. The molecule has 0 heterocycles. The molecule has 0 aliphatic rings. The molecule has 4 heteroatoms. The molecule has 98 valence electrons. The Morgan fingerprint density at radius 3 is 2.37 bits per heavy atom. The van der Waals surface area contributed by atoms with Gasteiger partial charge in [0, 0.05) is 12.1 Å². The van der Waals surface area contributed by atoms with E-state index in [2.05, 4.69) is 5.32 Å². The number of hydrogen-bond acceptors (Lipinski definition) is 2. The van der Waals surface area contributed by atoms with Gasteiger partial charge in [-0.15, -0.1) is 0 Å². The molecule has 2 aromatic carbocycles. The van der Waals surface area contributed by atoms with Gasteiger partial charge in [-0.25, -0.2) is 4.39 Å². The van der Waals surface area contributed by atoms with Crippen LogP contribution in [-0.4, -0.2) is 17.1 Å². The summed E-state index contributed by atoms with van der Waals surface area (Å²) in [6.45, 7) is 0. The van der Waals surface area contributed by atoms with Gasteiger partial charge in [0.15, 0.2) is 0 Å². The van der Waals surface area contributed by atoms with E-state index < -0.39 is 12.0 Å². The van der Waals surface area contributed by atoms with Crippen LogP contribution in [0.5, 0.6) is 0 Å². The van der Waals surface area contributed by atoms with Crippen LogP contribution in [0.25, 0.3) is 0 Å². The average molecular weight is 259 g/mol. The largest absolute Gasteiger partial charge is 0.383 e. The first-order valence-electron chi connectivity index (χ1n) is 5.93. The summed E-state index contributed by atoms with van der Waals surface area (Å²) in [5.41, 5.74) is 1.34. The fraction of sp³-hybridized carbons (Fsp3) is 0.133. The predicted molar refractivity (Wildman–Crippen MR) is 71.2 cm³/mol. The van der Waals surface area contributed by atoms with E-state index in [1.165, 1.54) is 12.1 Å². The highest BCUT2D eigenvalue weighted by molar-refractivity contribution is 5.94. The van der Waals surface area contributed by atoms with Gasteiger partial charge in [0.25, 0.3) is 5.91 Å². The minimum absolute atomic E-state index is 0.152. The van der Waals surface area contributed by atoms with E-state index in [9.17, 15) is 14.3 Å². The molecule has 1 unspecified atom stereocenters. The molecule has 0 spiro atoms. The lowest BCUT2D eigenvalue weighted by atomic mass is 10.1. The van der Waals surface area contributed by atoms with Crippen LogP contribution in [0.2, 0.25) is 0 Å². The first-order valence-corrected chi connectivity index (χ1v) is 5.93. The van der Waals surface area contributed by atoms with Crippen molar-refractivity contribution in [2.45, 2.75) is 12.5 Å². The molecule has 19 heavy (non-hydrogen) atoms. The third-order valence-corrected chi connectivity index (χ3v) is 2.69. The molecule has 2 rings (SSSR count). The summed E-state index contributed by atoms with van der Waals surface area (Å²) in [5.74, 6) is -0.817. The Hall–Kier alpha value is -2.20. The summed E-state index contributed by atoms with van der Waals surface area (Å²) in [6, 6.07) is 14.6. The molecule has 1 amide bonds. The van der Waals surface area contributed by atoms with E-state index in [-0.39, 0.29) is 12.2 Å². The highest BCUT2D eigenvalue weighted by atomic mass is 19.1. The van der Waals surface area contributed by atoms with Gasteiger partial charge in [0.1, 0.15) is 11.9 Å². The molecular weight excluding hydrogens is 245 g/mol. The zero-order chi connectivity index (χ0) is 13.7. The van der Waals surface area contributed by atoms with Gasteiger partial charge < -0.3 is 10.4 Å². The Kier molecular flexibility index (Phi) is 4.26. The summed E-state index contributed by atoms with van der Waals surface area (Å²) < 4.78 is 12.7. The summed E-state index contributed by atoms with van der Waals surface area (Å²) in [5, 5.41) is 12.4. The van der Waals surface area contributed by atoms with Crippen molar-refractivity contribution in [1.82, 2.24) is 0 Å². The third-order valence-electron chi connectivity index (χ3n) is 2.69. The van der Waals surface area contributed by atoms with E-state index in [0.29, 0.717) is 11.3 Å². The molecule has 0 saturated carbocycles. The fourth-order valence-corrected chi connectivity index (χ4v) is 1.68. The van der Waals surface area contributed by atoms with Crippen LogP contribution < -0.4 is 5.32 Å². The van der Waals surface area contributed by atoms with Gasteiger partial charge in [-0.2, -0.15) is 0 Å². The van der Waals surface area contributed by atoms with E-state index in [1.54, 1.807) is 36.4 Å². The van der Waals surface area contributed by atoms with Gasteiger partial charge >= 0.3 is 0 Å². The van der Waals surface area contributed by atoms with E-state index in [4.69, 9.17) is 0 Å². The zero-order valence-electron chi connectivity index (χ0n) is 10.2. The molecule has 0 bridgehead atoms. The Balaban J connectivity index is 1.94. The number of para-hydroxylation sites is 1. The van der Waals surface area contributed by atoms with Crippen molar-refractivity contribution >= 4 is 11.6 Å². The molecule has 0 saturated heterocycles. The predicted octanol–water partition coefficient (Wildman–Crippen LogP) is 2.37. The molecular formula is C15H14FNO2. The number of nitrogens with one attached hydrogen (secondary N) is 1. The first-order chi connectivity index (χ1) is 9.15. The lowest BCUT2D eigenvalue weighted by molar-refractivity contribution is -0.123. The van der Waals surface area contributed by atoms with Crippen molar-refractivity contribution in [2.75, 3.05) is 5.32 Å². The first kappa shape index (κ1) is 13.2. The fourth-order valence-electron chi connectivity index (χ4n) is 1.68. The maximum absolute atomic E-state index is 12.7. The standard InChI is InChI=1S/C15H14FNO2/c16-12-8-6-11(7-9-12)10-14(18)15(19)17-13-4-2-1-3-5-13/h1-9,14,18H,10H2,(H,17,19). The van der Waals surface area contributed by atoms with Crippen LogP contribution in [0.1, 0.15) is 5.56 Å². The number of halogens is 1. The van der Waals surface area contributed by atoms with Gasteiger partial charge in [-0.1, -0.05) is 30.3 Å². The van der Waals surface area contributed by atoms with Crippen LogP contribution in [0.4, 0.5) is 10.1 Å². The van der Waals surface area contributed by atoms with E-state index in [1.807, 2.05) is 6.07 Å². The molecule has 0 radical (unpaired) electrons. The van der Waals surface area contributed by atoms with Crippen molar-refractivity contribution in [2.24, 2.45) is 0 Å². The smallest absolute Gasteiger partial charge is 0.253 e. The minimum Gasteiger partial charge on any atom is -0.383 e. The second kappa shape index (κ2) is 6.11. The lowest BCUT2D eigenvalue weighted by Crippen LogP contribution is -2.29. The number of aliphatic hydroxyl groups excluding tert-OH is 1. The highest BCUT2D eigenvalue weighted by Crippen LogP contribution is 2.09. The molecule has 0 aliphatic heterocycles. The maximum atomic E-state index is 12.7. The Morgan fingerprint density at radius 2 is 1.74 bits per heavy atom. The average Bonchev–Trinajstić information content (AvgIpc) is 2.42. The second-order valence-corrected chi connectivity index (χ2v) is 4.20. The third kappa shape index (κ3) is 3.89. The maximum Gasteiger partial charge on any atom is 0.253 e. The van der Waals surface area contributed by atoms with Crippen molar-refractivity contribution in [3.63, 3.8) is 0 Å². The van der Waals surface area contributed by atoms with Crippen molar-refractivity contribution < 1.29 is 14.3 Å². The zero-order valence-corrected chi connectivity index (χ0v) is 10.2. The van der Waals surface area contributed by atoms with Gasteiger partial charge in [0.05, 0.1) is 0 Å². The Morgan fingerprint density at radius 1 is 1.11 bits per heavy atom. The van der Waals surface area contributed by atoms with Crippen LogP contribution >= 0.6 is 0 Å². The highest BCUT2D eigenvalue weighted by Gasteiger charge is 2.15. The molecule has 2 aromatic rings. The second-order valence-electron chi connectivity index (χ2n) is 4.20. The Labute approximate surface area is 110 Å². The molecule has 1 atom stereocenters. The Bertz CT molecular complexity index is 540. The van der Waals surface area contributed by atoms with Crippen LogP contribution in [-0.2, 0) is 11.2 Å². The van der Waals surface area contributed by atoms with Gasteiger partial charge in [-0.05, 0) is 29.8 Å². The van der Waals surface area contributed by atoms with Gasteiger partial charge in [0.2, 0.25) is 0 Å². The van der Waals surface area contributed by atoms with Crippen molar-refractivity contribution in [3.8, 4) is 0 Å². The van der Waals surface area contributed by atoms with Crippen molar-refractivity contribution in [1.29, 1.82) is 0 Å². The van der Waals surface area contributed by atoms with E-state index >= 15 is 0 Å². The molecule has 0 aliphatic carbocycles. The molecule has 0 aromatic heterocycles. The van der Waals surface area contributed by atoms with Crippen molar-refractivity contribution in [3.05, 3.63) is 66.0 Å². The van der Waals surface area contributed by atoms with Gasteiger partial charge in [-0.3, -0.25) is 4.79 Å². The number of aliphatic hydroxyl groups is 1. The topological polar surface area (TPSA) is 49.3 Å². The quantitative estimate of drug-likeness (QED) is 0.885. The number of anilines is 1. The monoisotopic (exact) mass is 259 g/mol. The van der Waals surface area contributed by atoms with Crippen LogP contribution in [0, 0.1) is 5.82 Å². The normalized spacial score (nSPS) is 11.9. The molecule has 2 N–H and O–H groups in total. The number of benzene rings is 2. The van der Waals surface area contributed by atoms with Crippen LogP contribution in [0.3, 0.4) is 0 Å². The number of carbonyl (C=O) groups is 1. The minimum atomic E-state index is -1.16. The molecule has 0 fully saturated rings. The summed E-state index contributed by atoms with van der Waals surface area (Å²) in [7, 11) is 0. The number of carbonyl (C=O) groups excluding carboxylic acids is 1. The number of amides is 1. The van der Waals surface area contributed by atoms with Crippen LogP contribution in [0.15, 0.2) is 54.6 Å². The number of hydrogen-bond donors (Lipinski definition) is 2. The summed E-state index contributed by atoms with van der Waals surface area (Å²) in [6.07, 6.45) is -1.01. The number of rotatable bonds is 4. The summed E-state index contributed by atoms with van der Waals surface area (Å²) >= 11 is 0. The SMILES string of the molecule is O=C(Nc1ccccc1)C(O)Cc1ccc(F)cc1.